The van der Waals surface area contributed by atoms with Crippen molar-refractivity contribution in [2.45, 2.75) is 9.92 Å². The topological polar surface area (TPSA) is 62.3 Å². The summed E-state index contributed by atoms with van der Waals surface area (Å²) in [5, 5.41) is 5.30. The number of nitrogens with one attached hydrogen (secondary N) is 1. The van der Waals surface area contributed by atoms with Crippen LogP contribution in [0.2, 0.25) is 0 Å². The highest BCUT2D eigenvalue weighted by Crippen LogP contribution is 2.29. The molecule has 6 heteroatoms. The maximum Gasteiger partial charge on any atom is 0.223 e. The van der Waals surface area contributed by atoms with Crippen molar-refractivity contribution >= 4 is 26.3 Å². The van der Waals surface area contributed by atoms with Crippen LogP contribution in [-0.4, -0.2) is 39.6 Å². The van der Waals surface area contributed by atoms with Crippen LogP contribution in [0.15, 0.2) is 70.7 Å². The van der Waals surface area contributed by atoms with Gasteiger partial charge in [-0.1, -0.05) is 30.3 Å². The monoisotopic (exact) mass is 353 g/mol. The maximum absolute atomic E-state index is 12.8. The van der Waals surface area contributed by atoms with Gasteiger partial charge in [-0.05, 0) is 29.7 Å². The first kappa shape index (κ1) is 16.1. The van der Waals surface area contributed by atoms with Gasteiger partial charge in [-0.15, -0.1) is 0 Å². The molecule has 1 N–H and O–H groups in total. The van der Waals surface area contributed by atoms with Crippen LogP contribution < -0.4 is 10.2 Å². The van der Waals surface area contributed by atoms with Crippen LogP contribution in [0.5, 0.6) is 0 Å². The summed E-state index contributed by atoms with van der Waals surface area (Å²) < 4.78 is 25.6. The molecule has 25 heavy (non-hydrogen) atoms. The van der Waals surface area contributed by atoms with E-state index in [9.17, 15) is 8.42 Å². The predicted octanol–water partition coefficient (Wildman–Crippen LogP) is 2.48. The van der Waals surface area contributed by atoms with E-state index in [0.29, 0.717) is 0 Å². The minimum Gasteiger partial charge on any atom is -0.368 e. The van der Waals surface area contributed by atoms with Crippen molar-refractivity contribution < 1.29 is 8.42 Å². The lowest BCUT2D eigenvalue weighted by molar-refractivity contribution is 0.590. The van der Waals surface area contributed by atoms with Gasteiger partial charge in [0.1, 0.15) is 0 Å². The largest absolute Gasteiger partial charge is 0.368 e. The highest BCUT2D eigenvalue weighted by molar-refractivity contribution is 7.91. The van der Waals surface area contributed by atoms with E-state index in [-0.39, 0.29) is 9.92 Å². The molecule has 4 rings (SSSR count). The van der Waals surface area contributed by atoms with E-state index in [0.717, 1.165) is 42.6 Å². The first-order valence-corrected chi connectivity index (χ1v) is 9.79. The number of nitrogens with zero attached hydrogens (tertiary/aromatic N) is 2. The molecule has 3 aromatic rings. The van der Waals surface area contributed by atoms with Crippen LogP contribution in [0.3, 0.4) is 0 Å². The number of piperazine rings is 1. The molecule has 0 spiro atoms. The van der Waals surface area contributed by atoms with E-state index < -0.39 is 9.84 Å². The summed E-state index contributed by atoms with van der Waals surface area (Å²) >= 11 is 0. The van der Waals surface area contributed by atoms with Crippen molar-refractivity contribution in [3.8, 4) is 0 Å². The molecule has 5 nitrogen and oxygen atoms in total. The summed E-state index contributed by atoms with van der Waals surface area (Å²) in [6, 6.07) is 16.1. The van der Waals surface area contributed by atoms with Crippen molar-refractivity contribution in [1.82, 2.24) is 10.3 Å². The normalized spacial score (nSPS) is 15.4. The fourth-order valence-electron chi connectivity index (χ4n) is 3.18. The van der Waals surface area contributed by atoms with E-state index in [1.807, 2.05) is 12.1 Å². The van der Waals surface area contributed by atoms with Gasteiger partial charge in [0.2, 0.25) is 9.84 Å². The first-order valence-electron chi connectivity index (χ1n) is 8.31. The van der Waals surface area contributed by atoms with Gasteiger partial charge >= 0.3 is 0 Å². The van der Waals surface area contributed by atoms with Crippen LogP contribution >= 0.6 is 0 Å². The molecular formula is C19H19N3O2S. The number of hydrogen-bond donors (Lipinski definition) is 1. The average molecular weight is 353 g/mol. The van der Waals surface area contributed by atoms with Crippen LogP contribution in [0.1, 0.15) is 0 Å². The molecule has 0 radical (unpaired) electrons. The molecule has 2 heterocycles. The second-order valence-electron chi connectivity index (χ2n) is 6.07. The Morgan fingerprint density at radius 2 is 1.72 bits per heavy atom. The lowest BCUT2D eigenvalue weighted by atomic mass is 10.1. The van der Waals surface area contributed by atoms with E-state index >= 15 is 0 Å². The van der Waals surface area contributed by atoms with Crippen molar-refractivity contribution in [2.75, 3.05) is 31.1 Å². The Morgan fingerprint density at radius 1 is 0.960 bits per heavy atom. The van der Waals surface area contributed by atoms with Gasteiger partial charge in [-0.25, -0.2) is 13.4 Å². The molecule has 1 aliphatic rings. The number of hydrogen-bond acceptors (Lipinski definition) is 5. The highest BCUT2D eigenvalue weighted by atomic mass is 32.2. The van der Waals surface area contributed by atoms with E-state index in [4.69, 9.17) is 0 Å². The van der Waals surface area contributed by atoms with Crippen molar-refractivity contribution in [3.63, 3.8) is 0 Å². The zero-order valence-electron chi connectivity index (χ0n) is 13.7. The molecule has 0 bridgehead atoms. The SMILES string of the molecule is O=S(=O)(c1ccccc1)c1cc2cccc(N3CCNCC3)c2cn1. The number of benzene rings is 2. The molecule has 0 saturated carbocycles. The fraction of sp³-hybridized carbons (Fsp3) is 0.211. The second-order valence-corrected chi connectivity index (χ2v) is 7.97. The lowest BCUT2D eigenvalue weighted by Crippen LogP contribution is -2.43. The lowest BCUT2D eigenvalue weighted by Gasteiger charge is -2.30. The molecule has 0 amide bonds. The molecule has 1 saturated heterocycles. The summed E-state index contributed by atoms with van der Waals surface area (Å²) in [7, 11) is -3.60. The molecule has 1 fully saturated rings. The van der Waals surface area contributed by atoms with Crippen LogP contribution in [0.4, 0.5) is 5.69 Å². The van der Waals surface area contributed by atoms with Crippen molar-refractivity contribution in [2.24, 2.45) is 0 Å². The Labute approximate surface area is 147 Å². The van der Waals surface area contributed by atoms with Crippen LogP contribution in [0.25, 0.3) is 10.8 Å². The Kier molecular flexibility index (Phi) is 4.15. The van der Waals surface area contributed by atoms with Crippen LogP contribution in [-0.2, 0) is 9.84 Å². The molecular weight excluding hydrogens is 334 g/mol. The Bertz CT molecular complexity index is 998. The summed E-state index contributed by atoms with van der Waals surface area (Å²) in [5.74, 6) is 0. The Balaban J connectivity index is 1.79. The molecule has 0 aliphatic carbocycles. The van der Waals surface area contributed by atoms with Crippen molar-refractivity contribution in [1.29, 1.82) is 0 Å². The number of rotatable bonds is 3. The number of fused-ring (bicyclic) bond motifs is 1. The number of aromatic nitrogens is 1. The smallest absolute Gasteiger partial charge is 0.223 e. The number of pyridine rings is 1. The van der Waals surface area contributed by atoms with Gasteiger partial charge in [-0.3, -0.25) is 0 Å². The zero-order valence-corrected chi connectivity index (χ0v) is 14.5. The molecule has 0 unspecified atom stereocenters. The summed E-state index contributed by atoms with van der Waals surface area (Å²) in [4.78, 5) is 6.86. The van der Waals surface area contributed by atoms with Gasteiger partial charge in [0.15, 0.2) is 5.03 Å². The Hall–Kier alpha value is -2.44. The summed E-state index contributed by atoms with van der Waals surface area (Å²) in [6.45, 7) is 3.76. The van der Waals surface area contributed by atoms with Crippen molar-refractivity contribution in [3.05, 3.63) is 60.8 Å². The number of anilines is 1. The van der Waals surface area contributed by atoms with Gasteiger partial charge in [0, 0.05) is 43.4 Å². The maximum atomic E-state index is 12.8. The summed E-state index contributed by atoms with van der Waals surface area (Å²) in [5.41, 5.74) is 1.11. The van der Waals surface area contributed by atoms with Crippen LogP contribution in [0, 0.1) is 0 Å². The predicted molar refractivity (Wildman–Crippen MR) is 98.7 cm³/mol. The number of sulfone groups is 1. The van der Waals surface area contributed by atoms with E-state index in [1.165, 1.54) is 0 Å². The molecule has 0 atom stereocenters. The third kappa shape index (κ3) is 2.99. The van der Waals surface area contributed by atoms with Gasteiger partial charge < -0.3 is 10.2 Å². The fourth-order valence-corrected chi connectivity index (χ4v) is 4.41. The minimum absolute atomic E-state index is 0.0867. The molecule has 128 valence electrons. The highest BCUT2D eigenvalue weighted by Gasteiger charge is 2.20. The molecule has 1 aliphatic heterocycles. The molecule has 2 aromatic carbocycles. The quantitative estimate of drug-likeness (QED) is 0.784. The van der Waals surface area contributed by atoms with Gasteiger partial charge in [0.05, 0.1) is 4.90 Å². The third-order valence-corrected chi connectivity index (χ3v) is 6.17. The average Bonchev–Trinajstić information content (AvgIpc) is 2.68. The van der Waals surface area contributed by atoms with E-state index in [1.54, 1.807) is 42.6 Å². The zero-order chi connectivity index (χ0) is 17.3. The van der Waals surface area contributed by atoms with Gasteiger partial charge in [0.25, 0.3) is 0 Å². The first-order chi connectivity index (χ1) is 12.2. The third-order valence-electron chi connectivity index (χ3n) is 4.50. The van der Waals surface area contributed by atoms with Gasteiger partial charge in [-0.2, -0.15) is 0 Å². The Morgan fingerprint density at radius 3 is 2.48 bits per heavy atom. The minimum atomic E-state index is -3.60. The van der Waals surface area contributed by atoms with E-state index in [2.05, 4.69) is 21.3 Å². The molecule has 1 aromatic heterocycles. The summed E-state index contributed by atoms with van der Waals surface area (Å²) in [6.07, 6.45) is 1.68. The second kappa shape index (κ2) is 6.46. The standard InChI is InChI=1S/C19H19N3O2S/c23-25(24,16-6-2-1-3-7-16)19-13-15-5-4-8-18(17(15)14-21-19)22-11-9-20-10-12-22/h1-8,13-14,20H,9-12H2.